The third-order valence-corrected chi connectivity index (χ3v) is 6.61. The van der Waals surface area contributed by atoms with Crippen molar-refractivity contribution in [3.05, 3.63) is 131 Å². The zero-order valence-electron chi connectivity index (χ0n) is 20.4. The molecular formula is C32H26O5. The highest BCUT2D eigenvalue weighted by atomic mass is 16.5. The number of benzene rings is 4. The number of fused-ring (bicyclic) bond motifs is 1. The van der Waals surface area contributed by atoms with Crippen LogP contribution in [0.1, 0.15) is 49.5 Å². The van der Waals surface area contributed by atoms with Crippen molar-refractivity contribution in [1.29, 1.82) is 0 Å². The molecule has 1 aliphatic heterocycles. The van der Waals surface area contributed by atoms with Crippen LogP contribution in [-0.4, -0.2) is 30.1 Å². The second-order valence-corrected chi connectivity index (χ2v) is 8.86. The lowest BCUT2D eigenvalue weighted by atomic mass is 9.74. The standard InChI is InChI=1S/C32H26O5/c1-2-36-24-19-17-23(18-20-24)31(35)32-27(25-15-9-10-16-26(25)37-32)28(29(33)21-11-5-3-6-12-21)30(34)22-13-7-4-8-14-22/h3-20,27-28,32H,2H2,1H3. The minimum atomic E-state index is -1.15. The van der Waals surface area contributed by atoms with Crippen molar-refractivity contribution in [2.24, 2.45) is 5.92 Å². The van der Waals surface area contributed by atoms with Gasteiger partial charge in [-0.25, -0.2) is 0 Å². The van der Waals surface area contributed by atoms with Gasteiger partial charge in [0.15, 0.2) is 17.7 Å². The van der Waals surface area contributed by atoms with Crippen molar-refractivity contribution in [2.45, 2.75) is 18.9 Å². The highest BCUT2D eigenvalue weighted by Crippen LogP contribution is 2.45. The predicted octanol–water partition coefficient (Wildman–Crippen LogP) is 6.19. The van der Waals surface area contributed by atoms with Gasteiger partial charge in [-0.2, -0.15) is 0 Å². The van der Waals surface area contributed by atoms with E-state index in [1.54, 1.807) is 78.9 Å². The average molecular weight is 491 g/mol. The first-order valence-corrected chi connectivity index (χ1v) is 12.3. The van der Waals surface area contributed by atoms with E-state index in [-0.39, 0.29) is 17.3 Å². The van der Waals surface area contributed by atoms with Gasteiger partial charge in [0.05, 0.1) is 12.5 Å². The van der Waals surface area contributed by atoms with E-state index >= 15 is 0 Å². The molecule has 0 N–H and O–H groups in total. The molecule has 2 unspecified atom stereocenters. The smallest absolute Gasteiger partial charge is 0.203 e. The molecular weight excluding hydrogens is 464 g/mol. The third kappa shape index (κ3) is 4.81. The van der Waals surface area contributed by atoms with E-state index in [9.17, 15) is 14.4 Å². The topological polar surface area (TPSA) is 69.7 Å². The molecule has 0 fully saturated rings. The van der Waals surface area contributed by atoms with E-state index in [1.165, 1.54) is 0 Å². The Kier molecular flexibility index (Phi) is 6.95. The fourth-order valence-corrected chi connectivity index (χ4v) is 4.86. The lowest BCUT2D eigenvalue weighted by molar-refractivity contribution is 0.0669. The van der Waals surface area contributed by atoms with E-state index < -0.39 is 17.9 Å². The van der Waals surface area contributed by atoms with Crippen LogP contribution in [0.15, 0.2) is 109 Å². The van der Waals surface area contributed by atoms with Crippen LogP contribution in [0.25, 0.3) is 0 Å². The molecule has 4 aromatic rings. The molecule has 184 valence electrons. The summed E-state index contributed by atoms with van der Waals surface area (Å²) in [7, 11) is 0. The van der Waals surface area contributed by atoms with Crippen LogP contribution in [0.5, 0.6) is 11.5 Å². The van der Waals surface area contributed by atoms with Crippen LogP contribution in [-0.2, 0) is 0 Å². The summed E-state index contributed by atoms with van der Waals surface area (Å²) < 4.78 is 11.7. The van der Waals surface area contributed by atoms with Crippen LogP contribution in [0.4, 0.5) is 0 Å². The Bertz CT molecular complexity index is 1360. The maximum atomic E-state index is 14.0. The molecule has 0 bridgehead atoms. The normalized spacial score (nSPS) is 16.1. The monoisotopic (exact) mass is 490 g/mol. The number of para-hydroxylation sites is 1. The molecule has 5 nitrogen and oxygen atoms in total. The SMILES string of the molecule is CCOc1ccc(C(=O)C2Oc3ccccc3C2C(C(=O)c2ccccc2)C(=O)c2ccccc2)cc1. The fourth-order valence-electron chi connectivity index (χ4n) is 4.86. The van der Waals surface area contributed by atoms with E-state index in [2.05, 4.69) is 0 Å². The highest BCUT2D eigenvalue weighted by molar-refractivity contribution is 6.17. The van der Waals surface area contributed by atoms with Gasteiger partial charge in [0.1, 0.15) is 11.5 Å². The van der Waals surface area contributed by atoms with Crippen molar-refractivity contribution < 1.29 is 23.9 Å². The Morgan fingerprint density at radius 1 is 0.703 bits per heavy atom. The zero-order valence-corrected chi connectivity index (χ0v) is 20.4. The van der Waals surface area contributed by atoms with Gasteiger partial charge in [-0.1, -0.05) is 78.9 Å². The summed E-state index contributed by atoms with van der Waals surface area (Å²) in [6.07, 6.45) is -1.04. The summed E-state index contributed by atoms with van der Waals surface area (Å²) in [5, 5.41) is 0. The first-order valence-electron chi connectivity index (χ1n) is 12.3. The number of carbonyl (C=O) groups is 3. The molecule has 0 aromatic heterocycles. The van der Waals surface area contributed by atoms with Crippen molar-refractivity contribution in [1.82, 2.24) is 0 Å². The summed E-state index contributed by atoms with van der Waals surface area (Å²) in [6, 6.07) is 31.5. The van der Waals surface area contributed by atoms with Crippen molar-refractivity contribution in [3.8, 4) is 11.5 Å². The number of hydrogen-bond donors (Lipinski definition) is 0. The van der Waals surface area contributed by atoms with E-state index in [0.29, 0.717) is 40.4 Å². The summed E-state index contributed by atoms with van der Waals surface area (Å²) in [5.41, 5.74) is 1.91. The summed E-state index contributed by atoms with van der Waals surface area (Å²) in [4.78, 5) is 41.8. The minimum Gasteiger partial charge on any atom is -0.494 e. The third-order valence-electron chi connectivity index (χ3n) is 6.61. The number of hydrogen-bond acceptors (Lipinski definition) is 5. The summed E-state index contributed by atoms with van der Waals surface area (Å²) in [6.45, 7) is 2.40. The molecule has 1 heterocycles. The van der Waals surface area contributed by atoms with Crippen LogP contribution in [0.3, 0.4) is 0 Å². The van der Waals surface area contributed by atoms with Gasteiger partial charge in [-0.15, -0.1) is 0 Å². The predicted molar refractivity (Wildman–Crippen MR) is 141 cm³/mol. The first kappa shape index (κ1) is 24.2. The molecule has 2 atom stereocenters. The molecule has 4 aromatic carbocycles. The van der Waals surface area contributed by atoms with Gasteiger partial charge < -0.3 is 9.47 Å². The number of rotatable bonds is 9. The lowest BCUT2D eigenvalue weighted by Crippen LogP contribution is -2.40. The van der Waals surface area contributed by atoms with Gasteiger partial charge in [0.2, 0.25) is 5.78 Å². The summed E-state index contributed by atoms with van der Waals surface area (Å²) in [5.74, 6) is -1.77. The van der Waals surface area contributed by atoms with Crippen molar-refractivity contribution in [2.75, 3.05) is 6.61 Å². The largest absolute Gasteiger partial charge is 0.494 e. The van der Waals surface area contributed by atoms with Gasteiger partial charge >= 0.3 is 0 Å². The Balaban J connectivity index is 1.61. The Morgan fingerprint density at radius 3 is 1.81 bits per heavy atom. The van der Waals surface area contributed by atoms with E-state index in [1.807, 2.05) is 37.3 Å². The molecule has 0 aliphatic carbocycles. The molecule has 0 saturated heterocycles. The first-order chi connectivity index (χ1) is 18.1. The minimum absolute atomic E-state index is 0.295. The van der Waals surface area contributed by atoms with Crippen LogP contribution >= 0.6 is 0 Å². The van der Waals surface area contributed by atoms with Gasteiger partial charge in [0, 0.05) is 28.2 Å². The molecule has 37 heavy (non-hydrogen) atoms. The number of ketones is 3. The number of Topliss-reactive ketones (excluding diaryl/α,β-unsaturated/α-hetero) is 3. The Labute approximate surface area is 215 Å². The molecule has 0 amide bonds. The number of ether oxygens (including phenoxy) is 2. The van der Waals surface area contributed by atoms with Gasteiger partial charge in [-0.05, 0) is 37.3 Å². The molecule has 1 aliphatic rings. The Morgan fingerprint density at radius 2 is 1.24 bits per heavy atom. The van der Waals surface area contributed by atoms with Gasteiger partial charge in [0.25, 0.3) is 0 Å². The molecule has 0 saturated carbocycles. The highest BCUT2D eigenvalue weighted by Gasteiger charge is 2.49. The van der Waals surface area contributed by atoms with E-state index in [0.717, 1.165) is 0 Å². The van der Waals surface area contributed by atoms with E-state index in [4.69, 9.17) is 9.47 Å². The van der Waals surface area contributed by atoms with Crippen LogP contribution in [0, 0.1) is 5.92 Å². The molecule has 0 spiro atoms. The average Bonchev–Trinajstić information content (AvgIpc) is 3.33. The molecule has 5 rings (SSSR count). The van der Waals surface area contributed by atoms with Gasteiger partial charge in [-0.3, -0.25) is 14.4 Å². The zero-order chi connectivity index (χ0) is 25.8. The van der Waals surface area contributed by atoms with Crippen LogP contribution in [0.2, 0.25) is 0 Å². The second kappa shape index (κ2) is 10.6. The second-order valence-electron chi connectivity index (χ2n) is 8.86. The number of carbonyl (C=O) groups excluding carboxylic acids is 3. The molecule has 5 heteroatoms. The van der Waals surface area contributed by atoms with Crippen LogP contribution < -0.4 is 9.47 Å². The quantitative estimate of drug-likeness (QED) is 0.207. The Hall–Kier alpha value is -4.51. The summed E-state index contributed by atoms with van der Waals surface area (Å²) >= 11 is 0. The maximum absolute atomic E-state index is 14.0. The molecule has 0 radical (unpaired) electrons. The van der Waals surface area contributed by atoms with Crippen molar-refractivity contribution >= 4 is 17.3 Å². The fraction of sp³-hybridized carbons (Fsp3) is 0.156. The van der Waals surface area contributed by atoms with Crippen molar-refractivity contribution in [3.63, 3.8) is 0 Å². The maximum Gasteiger partial charge on any atom is 0.203 e. The lowest BCUT2D eigenvalue weighted by Gasteiger charge is -2.26.